The maximum Gasteiger partial charge on any atom is 0.450 e. The quantitative estimate of drug-likeness (QED) is 0.825. The van der Waals surface area contributed by atoms with E-state index >= 15 is 0 Å². The lowest BCUT2D eigenvalue weighted by molar-refractivity contribution is -0.173. The summed E-state index contributed by atoms with van der Waals surface area (Å²) in [5.41, 5.74) is 0.831. The first-order chi connectivity index (χ1) is 11.0. The van der Waals surface area contributed by atoms with Crippen molar-refractivity contribution in [1.82, 2.24) is 4.31 Å². The summed E-state index contributed by atoms with van der Waals surface area (Å²) >= 11 is 0. The number of alkyl halides is 3. The summed E-state index contributed by atoms with van der Waals surface area (Å²) in [6, 6.07) is 5.82. The lowest BCUT2D eigenvalue weighted by atomic mass is 10.1. The van der Waals surface area contributed by atoms with Crippen LogP contribution in [0.5, 0.6) is 0 Å². The van der Waals surface area contributed by atoms with E-state index in [0.717, 1.165) is 5.56 Å². The number of ketones is 1. The smallest absolute Gasteiger partial charge is 0.289 e. The number of fused-ring (bicyclic) bond motifs is 1. The van der Waals surface area contributed by atoms with Gasteiger partial charge in [-0.05, 0) is 31.4 Å². The molecule has 3 rings (SSSR count). The van der Waals surface area contributed by atoms with Gasteiger partial charge in [-0.15, -0.1) is 0 Å². The number of amides is 1. The molecule has 2 fully saturated rings. The van der Waals surface area contributed by atoms with Gasteiger partial charge in [0.25, 0.3) is 10.0 Å². The molecule has 3 atom stereocenters. The zero-order valence-electron chi connectivity index (χ0n) is 12.6. The molecule has 1 aromatic carbocycles. The number of halogens is 3. The number of carbonyl (C=O) groups excluding carboxylic acids is 2. The van der Waals surface area contributed by atoms with Crippen molar-refractivity contribution in [2.45, 2.75) is 24.4 Å². The number of Topliss-reactive ketones (excluding diaryl/α,β-unsaturated/α-hetero) is 1. The molecule has 2 aliphatic rings. The Bertz CT molecular complexity index is 801. The van der Waals surface area contributed by atoms with Crippen molar-refractivity contribution >= 4 is 21.7 Å². The standard InChI is InChI=1S/C15H14F3NO4S/c1-8-2-4-9(5-3-8)24(22,23)19-7-6-10-11(12(10)14(19)21)13(20)15(16,17)18/h2-5,10-12H,6-7H2,1H3/t10-,11-,12-/m1/s1. The highest BCUT2D eigenvalue weighted by molar-refractivity contribution is 7.89. The van der Waals surface area contributed by atoms with Crippen LogP contribution < -0.4 is 0 Å². The fourth-order valence-electron chi connectivity index (χ4n) is 3.24. The molecule has 1 aromatic rings. The van der Waals surface area contributed by atoms with Crippen LogP contribution in [0, 0.1) is 24.7 Å². The molecule has 0 aromatic heterocycles. The summed E-state index contributed by atoms with van der Waals surface area (Å²) in [6.45, 7) is 1.56. The maximum atomic E-state index is 12.5. The van der Waals surface area contributed by atoms with Crippen LogP contribution in [0.1, 0.15) is 12.0 Å². The van der Waals surface area contributed by atoms with Gasteiger partial charge in [0.15, 0.2) is 0 Å². The molecule has 5 nitrogen and oxygen atoms in total. The van der Waals surface area contributed by atoms with Crippen molar-refractivity contribution in [3.63, 3.8) is 0 Å². The number of sulfonamides is 1. The third-order valence-corrected chi connectivity index (χ3v) is 6.37. The molecule has 0 N–H and O–H groups in total. The van der Waals surface area contributed by atoms with Crippen molar-refractivity contribution in [1.29, 1.82) is 0 Å². The van der Waals surface area contributed by atoms with Crippen LogP contribution in [0.15, 0.2) is 29.2 Å². The molecule has 130 valence electrons. The van der Waals surface area contributed by atoms with Crippen LogP contribution in [0.3, 0.4) is 0 Å². The fraction of sp³-hybridized carbons (Fsp3) is 0.467. The highest BCUT2D eigenvalue weighted by Gasteiger charge is 2.67. The van der Waals surface area contributed by atoms with E-state index in [1.54, 1.807) is 19.1 Å². The second-order valence-electron chi connectivity index (χ2n) is 6.09. The van der Waals surface area contributed by atoms with Crippen LogP contribution in [0.25, 0.3) is 0 Å². The zero-order chi connectivity index (χ0) is 17.9. The number of benzene rings is 1. The molecular formula is C15H14F3NO4S. The maximum absolute atomic E-state index is 12.5. The molecule has 1 heterocycles. The Morgan fingerprint density at radius 1 is 1.21 bits per heavy atom. The van der Waals surface area contributed by atoms with Gasteiger partial charge in [-0.25, -0.2) is 12.7 Å². The van der Waals surface area contributed by atoms with Crippen LogP contribution in [0.2, 0.25) is 0 Å². The van der Waals surface area contributed by atoms with E-state index in [9.17, 15) is 31.2 Å². The molecule has 1 aliphatic heterocycles. The number of rotatable bonds is 3. The summed E-state index contributed by atoms with van der Waals surface area (Å²) in [4.78, 5) is 23.6. The third kappa shape index (κ3) is 2.60. The molecular weight excluding hydrogens is 347 g/mol. The topological polar surface area (TPSA) is 71.5 Å². The summed E-state index contributed by atoms with van der Waals surface area (Å²) in [7, 11) is -4.13. The highest BCUT2D eigenvalue weighted by atomic mass is 32.2. The van der Waals surface area contributed by atoms with E-state index in [4.69, 9.17) is 0 Å². The van der Waals surface area contributed by atoms with Gasteiger partial charge in [0.2, 0.25) is 11.7 Å². The van der Waals surface area contributed by atoms with Gasteiger partial charge in [0, 0.05) is 12.5 Å². The molecule has 24 heavy (non-hydrogen) atoms. The monoisotopic (exact) mass is 361 g/mol. The second kappa shape index (κ2) is 5.30. The van der Waals surface area contributed by atoms with Crippen LogP contribution in [-0.4, -0.2) is 37.1 Å². The number of hydrogen-bond acceptors (Lipinski definition) is 4. The van der Waals surface area contributed by atoms with Crippen LogP contribution in [-0.2, 0) is 19.6 Å². The number of nitrogens with zero attached hydrogens (tertiary/aromatic N) is 1. The Kier molecular flexibility index (Phi) is 3.74. The first-order valence-electron chi connectivity index (χ1n) is 7.29. The summed E-state index contributed by atoms with van der Waals surface area (Å²) in [6.07, 6.45) is -4.95. The molecule has 1 saturated heterocycles. The van der Waals surface area contributed by atoms with Gasteiger partial charge in [-0.3, -0.25) is 9.59 Å². The molecule has 0 unspecified atom stereocenters. The molecule has 1 aliphatic carbocycles. The Labute approximate surface area is 136 Å². The summed E-state index contributed by atoms with van der Waals surface area (Å²) < 4.78 is 63.3. The molecule has 1 amide bonds. The number of hydrogen-bond donors (Lipinski definition) is 0. The third-order valence-electron chi connectivity index (χ3n) is 4.56. The molecule has 0 bridgehead atoms. The minimum Gasteiger partial charge on any atom is -0.289 e. The SMILES string of the molecule is Cc1ccc(S(=O)(=O)N2CC[C@H]3[C@@H](C2=O)[C@@H]3C(=O)C(F)(F)F)cc1. The molecule has 0 radical (unpaired) electrons. The lowest BCUT2D eigenvalue weighted by Crippen LogP contribution is -2.41. The van der Waals surface area contributed by atoms with Gasteiger partial charge in [-0.1, -0.05) is 17.7 Å². The summed E-state index contributed by atoms with van der Waals surface area (Å²) in [5.74, 6) is -6.21. The molecule has 9 heteroatoms. The minimum absolute atomic E-state index is 0.0635. The fourth-order valence-corrected chi connectivity index (χ4v) is 4.67. The Morgan fingerprint density at radius 3 is 2.33 bits per heavy atom. The first kappa shape index (κ1) is 16.9. The van der Waals surface area contributed by atoms with Gasteiger partial charge < -0.3 is 0 Å². The average molecular weight is 361 g/mol. The second-order valence-corrected chi connectivity index (χ2v) is 7.96. The number of aryl methyl sites for hydroxylation is 1. The highest BCUT2D eigenvalue weighted by Crippen LogP contribution is 2.55. The van der Waals surface area contributed by atoms with E-state index in [1.165, 1.54) is 12.1 Å². The molecule has 1 saturated carbocycles. The predicted molar refractivity (Wildman–Crippen MR) is 76.2 cm³/mol. The minimum atomic E-state index is -5.01. The van der Waals surface area contributed by atoms with Gasteiger partial charge in [0.05, 0.1) is 10.8 Å². The van der Waals surface area contributed by atoms with Crippen LogP contribution >= 0.6 is 0 Å². The lowest BCUT2D eigenvalue weighted by Gasteiger charge is -2.25. The normalized spacial score (nSPS) is 26.9. The Hall–Kier alpha value is -1.90. The predicted octanol–water partition coefficient (Wildman–Crippen LogP) is 1.91. The van der Waals surface area contributed by atoms with E-state index in [2.05, 4.69) is 0 Å². The van der Waals surface area contributed by atoms with Gasteiger partial charge >= 0.3 is 6.18 Å². The van der Waals surface area contributed by atoms with Crippen molar-refractivity contribution in [2.24, 2.45) is 17.8 Å². The first-order valence-corrected chi connectivity index (χ1v) is 8.73. The van der Waals surface area contributed by atoms with Crippen molar-refractivity contribution in [3.05, 3.63) is 29.8 Å². The summed E-state index contributed by atoms with van der Waals surface area (Å²) in [5, 5.41) is 0. The van der Waals surface area contributed by atoms with Gasteiger partial charge in [-0.2, -0.15) is 13.2 Å². The van der Waals surface area contributed by atoms with Crippen molar-refractivity contribution in [3.8, 4) is 0 Å². The number of carbonyl (C=O) groups is 2. The van der Waals surface area contributed by atoms with Crippen molar-refractivity contribution < 1.29 is 31.2 Å². The van der Waals surface area contributed by atoms with Gasteiger partial charge in [0.1, 0.15) is 0 Å². The largest absolute Gasteiger partial charge is 0.450 e. The van der Waals surface area contributed by atoms with E-state index < -0.39 is 45.6 Å². The Morgan fingerprint density at radius 2 is 1.79 bits per heavy atom. The van der Waals surface area contributed by atoms with Crippen molar-refractivity contribution in [2.75, 3.05) is 6.54 Å². The zero-order valence-corrected chi connectivity index (χ0v) is 13.4. The average Bonchev–Trinajstić information content (AvgIpc) is 3.21. The molecule has 0 spiro atoms. The van der Waals surface area contributed by atoms with E-state index in [-0.39, 0.29) is 17.9 Å². The van der Waals surface area contributed by atoms with E-state index in [0.29, 0.717) is 4.31 Å². The Balaban J connectivity index is 1.84. The van der Waals surface area contributed by atoms with Crippen LogP contribution in [0.4, 0.5) is 13.2 Å². The number of piperidine rings is 1. The van der Waals surface area contributed by atoms with E-state index in [1.807, 2.05) is 0 Å².